The van der Waals surface area contributed by atoms with E-state index in [0.29, 0.717) is 5.75 Å². The lowest BCUT2D eigenvalue weighted by molar-refractivity contribution is -0.195. The van der Waals surface area contributed by atoms with E-state index in [-0.39, 0.29) is 6.47 Å². The Morgan fingerprint density at radius 1 is 1.00 bits per heavy atom. The largest absolute Gasteiger partial charge is 0.343 e. The quantitative estimate of drug-likeness (QED) is 0.421. The summed E-state index contributed by atoms with van der Waals surface area (Å²) in [5.41, 5.74) is 0. The Labute approximate surface area is 80.8 Å². The van der Waals surface area contributed by atoms with Crippen LogP contribution in [0.2, 0.25) is 0 Å². The zero-order valence-corrected chi connectivity index (χ0v) is 7.34. The van der Waals surface area contributed by atoms with Gasteiger partial charge in [-0.3, -0.25) is 14.6 Å². The molecule has 70 valence electrons. The van der Waals surface area contributed by atoms with E-state index in [1.807, 2.05) is 36.4 Å². The summed E-state index contributed by atoms with van der Waals surface area (Å²) in [6, 6.07) is 13.2. The van der Waals surface area contributed by atoms with Gasteiger partial charge in [0, 0.05) is 5.39 Å². The van der Waals surface area contributed by atoms with Gasteiger partial charge in [0.15, 0.2) is 5.75 Å². The van der Waals surface area contributed by atoms with Crippen LogP contribution in [0.1, 0.15) is 0 Å². The van der Waals surface area contributed by atoms with Crippen LogP contribution in [-0.2, 0) is 9.68 Å². The van der Waals surface area contributed by atoms with Crippen molar-refractivity contribution in [2.45, 2.75) is 0 Å². The van der Waals surface area contributed by atoms with Crippen molar-refractivity contribution >= 4 is 17.2 Å². The molecule has 0 aliphatic carbocycles. The molecule has 0 spiro atoms. The van der Waals surface area contributed by atoms with Gasteiger partial charge in [-0.25, -0.2) is 0 Å². The molecule has 0 N–H and O–H groups in total. The van der Waals surface area contributed by atoms with E-state index in [0.717, 1.165) is 10.8 Å². The first-order chi connectivity index (χ1) is 6.92. The standard InChI is InChI=1S/C11H8O3/c12-8-13-14-11-7-3-5-9-4-1-2-6-10(9)11/h1-8H. The summed E-state index contributed by atoms with van der Waals surface area (Å²) in [5, 5.41) is 1.95. The third kappa shape index (κ3) is 1.52. The smallest absolute Gasteiger partial charge is 0.287 e. The lowest BCUT2D eigenvalue weighted by atomic mass is 10.1. The summed E-state index contributed by atoms with van der Waals surface area (Å²) in [4.78, 5) is 19.0. The van der Waals surface area contributed by atoms with Gasteiger partial charge in [-0.15, -0.1) is 0 Å². The van der Waals surface area contributed by atoms with E-state index < -0.39 is 0 Å². The van der Waals surface area contributed by atoms with E-state index in [4.69, 9.17) is 4.89 Å². The van der Waals surface area contributed by atoms with E-state index in [1.54, 1.807) is 6.07 Å². The molecule has 0 radical (unpaired) electrons. The Balaban J connectivity index is 2.48. The first kappa shape index (κ1) is 8.56. The van der Waals surface area contributed by atoms with Crippen molar-refractivity contribution < 1.29 is 14.6 Å². The van der Waals surface area contributed by atoms with Crippen LogP contribution in [0.3, 0.4) is 0 Å². The maximum Gasteiger partial charge on any atom is 0.343 e. The van der Waals surface area contributed by atoms with E-state index in [2.05, 4.69) is 4.89 Å². The first-order valence-corrected chi connectivity index (χ1v) is 4.16. The highest BCUT2D eigenvalue weighted by atomic mass is 17.2. The SMILES string of the molecule is O=COOc1cccc2ccccc12. The lowest BCUT2D eigenvalue weighted by Crippen LogP contribution is -1.94. The molecule has 0 amide bonds. The third-order valence-corrected chi connectivity index (χ3v) is 1.93. The summed E-state index contributed by atoms with van der Waals surface area (Å²) in [7, 11) is 0. The van der Waals surface area contributed by atoms with Crippen LogP contribution >= 0.6 is 0 Å². The van der Waals surface area contributed by atoms with Crippen molar-refractivity contribution in [2.24, 2.45) is 0 Å². The number of carbonyl (C=O) groups excluding carboxylic acids is 1. The zero-order chi connectivity index (χ0) is 9.80. The van der Waals surface area contributed by atoms with Crippen LogP contribution in [0, 0.1) is 0 Å². The number of rotatable bonds is 3. The average molecular weight is 188 g/mol. The first-order valence-electron chi connectivity index (χ1n) is 4.16. The molecule has 2 aromatic carbocycles. The van der Waals surface area contributed by atoms with Gasteiger partial charge in [0.05, 0.1) is 0 Å². The van der Waals surface area contributed by atoms with Crippen LogP contribution in [0.5, 0.6) is 5.75 Å². The second-order valence-electron chi connectivity index (χ2n) is 2.75. The van der Waals surface area contributed by atoms with Crippen molar-refractivity contribution in [2.75, 3.05) is 0 Å². The van der Waals surface area contributed by atoms with Crippen molar-refractivity contribution in [1.82, 2.24) is 0 Å². The molecule has 2 rings (SSSR count). The Bertz CT molecular complexity index is 446. The Hall–Kier alpha value is -2.03. The normalized spacial score (nSPS) is 9.71. The molecule has 2 aromatic rings. The molecule has 0 aliphatic heterocycles. The topological polar surface area (TPSA) is 35.5 Å². The minimum absolute atomic E-state index is 0.252. The predicted molar refractivity (Wildman–Crippen MR) is 51.7 cm³/mol. The summed E-state index contributed by atoms with van der Waals surface area (Å²) >= 11 is 0. The van der Waals surface area contributed by atoms with Gasteiger partial charge < -0.3 is 0 Å². The fourth-order valence-corrected chi connectivity index (χ4v) is 1.34. The third-order valence-electron chi connectivity index (χ3n) is 1.93. The Morgan fingerprint density at radius 3 is 2.64 bits per heavy atom. The average Bonchev–Trinajstić information content (AvgIpc) is 2.26. The highest BCUT2D eigenvalue weighted by Gasteiger charge is 2.01. The van der Waals surface area contributed by atoms with Crippen LogP contribution in [-0.4, -0.2) is 6.47 Å². The van der Waals surface area contributed by atoms with Gasteiger partial charge in [-0.2, -0.15) is 0 Å². The molecule has 0 bridgehead atoms. The minimum atomic E-state index is 0.252. The molecule has 14 heavy (non-hydrogen) atoms. The van der Waals surface area contributed by atoms with Crippen molar-refractivity contribution in [3.63, 3.8) is 0 Å². The molecular weight excluding hydrogens is 180 g/mol. The zero-order valence-electron chi connectivity index (χ0n) is 7.34. The molecule has 0 aliphatic rings. The number of carbonyl (C=O) groups is 1. The molecule has 0 unspecified atom stereocenters. The summed E-state index contributed by atoms with van der Waals surface area (Å²) in [6.07, 6.45) is 0. The monoisotopic (exact) mass is 188 g/mol. The van der Waals surface area contributed by atoms with Crippen LogP contribution in [0.15, 0.2) is 42.5 Å². The molecule has 0 saturated carbocycles. The summed E-state index contributed by atoms with van der Waals surface area (Å²) in [5.74, 6) is 0.537. The van der Waals surface area contributed by atoms with Crippen LogP contribution in [0.25, 0.3) is 10.8 Å². The van der Waals surface area contributed by atoms with Crippen molar-refractivity contribution in [1.29, 1.82) is 0 Å². The molecule has 0 fully saturated rings. The molecule has 0 saturated heterocycles. The second kappa shape index (κ2) is 3.79. The molecule has 3 nitrogen and oxygen atoms in total. The van der Waals surface area contributed by atoms with Gasteiger partial charge in [-0.05, 0) is 11.5 Å². The molecule has 0 atom stereocenters. The van der Waals surface area contributed by atoms with Crippen molar-refractivity contribution in [3.05, 3.63) is 42.5 Å². The summed E-state index contributed by atoms with van der Waals surface area (Å²) < 4.78 is 0. The van der Waals surface area contributed by atoms with Gasteiger partial charge in [-0.1, -0.05) is 36.4 Å². The lowest BCUT2D eigenvalue weighted by Gasteiger charge is -2.03. The van der Waals surface area contributed by atoms with E-state index in [9.17, 15) is 4.79 Å². The van der Waals surface area contributed by atoms with Gasteiger partial charge in [0.1, 0.15) is 0 Å². The fourth-order valence-electron chi connectivity index (χ4n) is 1.34. The number of hydrogen-bond donors (Lipinski definition) is 0. The maximum absolute atomic E-state index is 9.97. The second-order valence-corrected chi connectivity index (χ2v) is 2.75. The Morgan fingerprint density at radius 2 is 1.79 bits per heavy atom. The minimum Gasteiger partial charge on any atom is -0.287 e. The summed E-state index contributed by atoms with van der Waals surface area (Å²) in [6.45, 7) is 0.252. The Kier molecular flexibility index (Phi) is 2.32. The van der Waals surface area contributed by atoms with E-state index in [1.165, 1.54) is 0 Å². The molecular formula is C11H8O3. The molecule has 0 heterocycles. The fraction of sp³-hybridized carbons (Fsp3) is 0. The highest BCUT2D eigenvalue weighted by Crippen LogP contribution is 2.24. The number of hydrogen-bond acceptors (Lipinski definition) is 3. The number of fused-ring (bicyclic) bond motifs is 1. The van der Waals surface area contributed by atoms with Gasteiger partial charge in [0.2, 0.25) is 0 Å². The highest BCUT2D eigenvalue weighted by molar-refractivity contribution is 5.88. The number of benzene rings is 2. The predicted octanol–water partition coefficient (Wildman–Crippen LogP) is 2.31. The van der Waals surface area contributed by atoms with Crippen molar-refractivity contribution in [3.8, 4) is 5.75 Å². The maximum atomic E-state index is 9.97. The van der Waals surface area contributed by atoms with Gasteiger partial charge in [0.25, 0.3) is 0 Å². The van der Waals surface area contributed by atoms with E-state index >= 15 is 0 Å². The van der Waals surface area contributed by atoms with Crippen LogP contribution < -0.4 is 4.89 Å². The van der Waals surface area contributed by atoms with Crippen LogP contribution in [0.4, 0.5) is 0 Å². The molecule has 0 aromatic heterocycles. The van der Waals surface area contributed by atoms with Gasteiger partial charge >= 0.3 is 6.47 Å². The molecule has 3 heteroatoms.